The summed E-state index contributed by atoms with van der Waals surface area (Å²) in [5.74, 6) is 0.531. The molecule has 21 heavy (non-hydrogen) atoms. The van der Waals surface area contributed by atoms with E-state index in [-0.39, 0.29) is 0 Å². The van der Waals surface area contributed by atoms with Gasteiger partial charge in [0, 0.05) is 32.7 Å². The van der Waals surface area contributed by atoms with Crippen molar-refractivity contribution in [1.29, 1.82) is 0 Å². The molecule has 0 atom stereocenters. The normalized spacial score (nSPS) is 17.1. The van der Waals surface area contributed by atoms with E-state index in [1.807, 2.05) is 0 Å². The molecular weight excluding hydrogens is 311 g/mol. The molecule has 4 nitrogen and oxygen atoms in total. The van der Waals surface area contributed by atoms with Gasteiger partial charge in [0.15, 0.2) is 5.75 Å². The Morgan fingerprint density at radius 3 is 2.33 bits per heavy atom. The summed E-state index contributed by atoms with van der Waals surface area (Å²) in [6.45, 7) is 7.19. The van der Waals surface area contributed by atoms with Crippen molar-refractivity contribution >= 4 is 23.2 Å². The Morgan fingerprint density at radius 2 is 1.67 bits per heavy atom. The molecule has 0 unspecified atom stereocenters. The number of rotatable bonds is 7. The number of benzene rings is 1. The molecule has 1 saturated heterocycles. The minimum Gasteiger partial charge on any atom is -0.488 e. The zero-order valence-electron chi connectivity index (χ0n) is 12.4. The van der Waals surface area contributed by atoms with Gasteiger partial charge in [-0.25, -0.2) is 0 Å². The molecule has 1 aliphatic heterocycles. The van der Waals surface area contributed by atoms with Crippen molar-refractivity contribution in [3.05, 3.63) is 28.2 Å². The first-order valence-corrected chi connectivity index (χ1v) is 7.98. The summed E-state index contributed by atoms with van der Waals surface area (Å²) in [7, 11) is 2.16. The minimum absolute atomic E-state index is 0.451. The van der Waals surface area contributed by atoms with Gasteiger partial charge in [-0.2, -0.15) is 0 Å². The van der Waals surface area contributed by atoms with E-state index in [4.69, 9.17) is 32.7 Å². The fourth-order valence-corrected chi connectivity index (χ4v) is 2.70. The number of piperazine rings is 1. The van der Waals surface area contributed by atoms with Gasteiger partial charge >= 0.3 is 0 Å². The summed E-state index contributed by atoms with van der Waals surface area (Å²) in [6.07, 6.45) is 0. The Bertz CT molecular complexity index is 417. The lowest BCUT2D eigenvalue weighted by Crippen LogP contribution is -2.45. The van der Waals surface area contributed by atoms with Gasteiger partial charge in [0.1, 0.15) is 6.61 Å². The quantitative estimate of drug-likeness (QED) is 0.716. The molecule has 0 aliphatic carbocycles. The summed E-state index contributed by atoms with van der Waals surface area (Å²) < 4.78 is 11.2. The summed E-state index contributed by atoms with van der Waals surface area (Å²) >= 11 is 12.0. The van der Waals surface area contributed by atoms with E-state index in [1.165, 1.54) is 0 Å². The van der Waals surface area contributed by atoms with Crippen molar-refractivity contribution in [2.24, 2.45) is 0 Å². The predicted molar refractivity (Wildman–Crippen MR) is 86.7 cm³/mol. The van der Waals surface area contributed by atoms with Crippen molar-refractivity contribution in [2.45, 2.75) is 0 Å². The van der Waals surface area contributed by atoms with Crippen LogP contribution in [0.1, 0.15) is 0 Å². The molecule has 1 heterocycles. The molecule has 6 heteroatoms. The molecule has 0 aromatic heterocycles. The number of para-hydroxylation sites is 1. The Kier molecular flexibility index (Phi) is 7.07. The first-order valence-electron chi connectivity index (χ1n) is 7.22. The zero-order chi connectivity index (χ0) is 15.1. The second kappa shape index (κ2) is 8.81. The molecule has 0 saturated carbocycles. The highest BCUT2D eigenvalue weighted by Gasteiger charge is 2.12. The molecular formula is C15H22Cl2N2O2. The van der Waals surface area contributed by atoms with Crippen molar-refractivity contribution in [3.63, 3.8) is 0 Å². The third kappa shape index (κ3) is 5.64. The Morgan fingerprint density at radius 1 is 1.00 bits per heavy atom. The third-order valence-electron chi connectivity index (χ3n) is 3.54. The highest BCUT2D eigenvalue weighted by Crippen LogP contribution is 2.32. The molecule has 0 spiro atoms. The monoisotopic (exact) mass is 332 g/mol. The van der Waals surface area contributed by atoms with Crippen molar-refractivity contribution in [2.75, 3.05) is 59.6 Å². The maximum Gasteiger partial charge on any atom is 0.156 e. The number of ether oxygens (including phenoxy) is 2. The highest BCUT2D eigenvalue weighted by atomic mass is 35.5. The lowest BCUT2D eigenvalue weighted by Gasteiger charge is -2.32. The second-order valence-electron chi connectivity index (χ2n) is 5.16. The van der Waals surface area contributed by atoms with E-state index in [9.17, 15) is 0 Å². The summed E-state index contributed by atoms with van der Waals surface area (Å²) in [6, 6.07) is 5.32. The van der Waals surface area contributed by atoms with Gasteiger partial charge in [-0.05, 0) is 19.2 Å². The molecule has 2 rings (SSSR count). The molecule has 1 aromatic carbocycles. The number of hydrogen-bond acceptors (Lipinski definition) is 4. The lowest BCUT2D eigenvalue weighted by molar-refractivity contribution is 0.0658. The van der Waals surface area contributed by atoms with Gasteiger partial charge in [0.25, 0.3) is 0 Å². The molecule has 0 amide bonds. The summed E-state index contributed by atoms with van der Waals surface area (Å²) in [5.41, 5.74) is 0. The molecule has 1 aliphatic rings. The van der Waals surface area contributed by atoms with Crippen LogP contribution in [0, 0.1) is 0 Å². The van der Waals surface area contributed by atoms with E-state index in [0.29, 0.717) is 29.0 Å². The summed E-state index contributed by atoms with van der Waals surface area (Å²) in [5, 5.41) is 1.06. The van der Waals surface area contributed by atoms with Crippen LogP contribution in [0.4, 0.5) is 0 Å². The second-order valence-corrected chi connectivity index (χ2v) is 5.97. The van der Waals surface area contributed by atoms with Crippen LogP contribution in [-0.2, 0) is 4.74 Å². The maximum atomic E-state index is 6.02. The van der Waals surface area contributed by atoms with Crippen molar-refractivity contribution in [3.8, 4) is 5.75 Å². The van der Waals surface area contributed by atoms with Crippen LogP contribution < -0.4 is 4.74 Å². The van der Waals surface area contributed by atoms with Crippen molar-refractivity contribution in [1.82, 2.24) is 9.80 Å². The standard InChI is InChI=1S/C15H22Cl2N2O2/c1-18-5-7-19(8-6-18)9-10-20-11-12-21-15-13(16)3-2-4-14(15)17/h2-4H,5-12H2,1H3. The highest BCUT2D eigenvalue weighted by molar-refractivity contribution is 6.37. The van der Waals surface area contributed by atoms with Crippen LogP contribution >= 0.6 is 23.2 Å². The molecule has 0 radical (unpaired) electrons. The van der Waals surface area contributed by atoms with Gasteiger partial charge in [-0.3, -0.25) is 4.90 Å². The van der Waals surface area contributed by atoms with Gasteiger partial charge < -0.3 is 14.4 Å². The average Bonchev–Trinajstić information content (AvgIpc) is 2.47. The smallest absolute Gasteiger partial charge is 0.156 e. The van der Waals surface area contributed by atoms with Crippen molar-refractivity contribution < 1.29 is 9.47 Å². The van der Waals surface area contributed by atoms with E-state index in [2.05, 4.69) is 16.8 Å². The van der Waals surface area contributed by atoms with Gasteiger partial charge in [-0.1, -0.05) is 29.3 Å². The van der Waals surface area contributed by atoms with E-state index < -0.39 is 0 Å². The SMILES string of the molecule is CN1CCN(CCOCCOc2c(Cl)cccc2Cl)CC1. The number of nitrogens with zero attached hydrogens (tertiary/aromatic N) is 2. The average molecular weight is 333 g/mol. The fourth-order valence-electron chi connectivity index (χ4n) is 2.19. The van der Waals surface area contributed by atoms with Crippen LogP contribution in [0.25, 0.3) is 0 Å². The molecule has 0 N–H and O–H groups in total. The molecule has 118 valence electrons. The summed E-state index contributed by atoms with van der Waals surface area (Å²) in [4.78, 5) is 4.77. The van der Waals surface area contributed by atoms with Crippen LogP contribution in [0.15, 0.2) is 18.2 Å². The number of likely N-dealkylation sites (N-methyl/N-ethyl adjacent to an activating group) is 1. The first kappa shape index (κ1) is 16.8. The van der Waals surface area contributed by atoms with E-state index in [1.54, 1.807) is 18.2 Å². The van der Waals surface area contributed by atoms with Crippen LogP contribution in [0.5, 0.6) is 5.75 Å². The molecule has 1 fully saturated rings. The van der Waals surface area contributed by atoms with Gasteiger partial charge in [0.05, 0.1) is 23.3 Å². The van der Waals surface area contributed by atoms with E-state index in [0.717, 1.165) is 39.3 Å². The predicted octanol–water partition coefficient (Wildman–Crippen LogP) is 2.64. The molecule has 0 bridgehead atoms. The Hall–Kier alpha value is -0.520. The topological polar surface area (TPSA) is 24.9 Å². The lowest BCUT2D eigenvalue weighted by atomic mass is 10.3. The Balaban J connectivity index is 1.56. The van der Waals surface area contributed by atoms with E-state index >= 15 is 0 Å². The minimum atomic E-state index is 0.451. The number of halogens is 2. The maximum absolute atomic E-state index is 6.02. The largest absolute Gasteiger partial charge is 0.488 e. The van der Waals surface area contributed by atoms with Crippen LogP contribution in [-0.4, -0.2) is 69.4 Å². The zero-order valence-corrected chi connectivity index (χ0v) is 13.9. The molecule has 1 aromatic rings. The first-order chi connectivity index (χ1) is 10.2. The third-order valence-corrected chi connectivity index (χ3v) is 4.14. The van der Waals surface area contributed by atoms with Crippen LogP contribution in [0.3, 0.4) is 0 Å². The fraction of sp³-hybridized carbons (Fsp3) is 0.600. The Labute approximate surface area is 136 Å². The number of hydrogen-bond donors (Lipinski definition) is 0. The van der Waals surface area contributed by atoms with Gasteiger partial charge in [0.2, 0.25) is 0 Å². The van der Waals surface area contributed by atoms with Crippen LogP contribution in [0.2, 0.25) is 10.0 Å². The van der Waals surface area contributed by atoms with Gasteiger partial charge in [-0.15, -0.1) is 0 Å².